The number of ether oxygens (including phenoxy) is 1. The quantitative estimate of drug-likeness (QED) is 0.588. The van der Waals surface area contributed by atoms with Crippen LogP contribution in [0.5, 0.6) is 0 Å². The summed E-state index contributed by atoms with van der Waals surface area (Å²) in [4.78, 5) is 11.7. The molecule has 0 aliphatic heterocycles. The van der Waals surface area contributed by atoms with Crippen LogP contribution in [0.3, 0.4) is 0 Å². The monoisotopic (exact) mass is 272 g/mol. The fraction of sp³-hybridized carbons (Fsp3) is 0.929. The number of nitrogens with one attached hydrogen (secondary N) is 2. The van der Waals surface area contributed by atoms with Crippen LogP contribution in [0, 0.1) is 5.92 Å². The van der Waals surface area contributed by atoms with E-state index in [1.54, 1.807) is 0 Å². The van der Waals surface area contributed by atoms with Crippen LogP contribution >= 0.6 is 0 Å². The molecule has 1 rings (SSSR count). The molecule has 5 heteroatoms. The first-order valence-corrected chi connectivity index (χ1v) is 7.47. The topological polar surface area (TPSA) is 70.6 Å². The Morgan fingerprint density at radius 2 is 2.05 bits per heavy atom. The Morgan fingerprint density at radius 1 is 1.32 bits per heavy atom. The SMILES string of the molecule is CC(NC(=O)NCCCOCCO)C1CCCCC1. The van der Waals surface area contributed by atoms with Gasteiger partial charge in [0.05, 0.1) is 13.2 Å². The van der Waals surface area contributed by atoms with Gasteiger partial charge in [-0.15, -0.1) is 0 Å². The Bertz CT molecular complexity index is 243. The lowest BCUT2D eigenvalue weighted by atomic mass is 9.85. The van der Waals surface area contributed by atoms with Crippen LogP contribution in [-0.4, -0.2) is 43.5 Å². The zero-order valence-corrected chi connectivity index (χ0v) is 12.0. The van der Waals surface area contributed by atoms with E-state index in [1.165, 1.54) is 32.1 Å². The van der Waals surface area contributed by atoms with Crippen LogP contribution in [0.4, 0.5) is 4.79 Å². The zero-order valence-electron chi connectivity index (χ0n) is 12.0. The number of hydrogen-bond donors (Lipinski definition) is 3. The molecule has 1 unspecified atom stereocenters. The van der Waals surface area contributed by atoms with Gasteiger partial charge >= 0.3 is 6.03 Å². The largest absolute Gasteiger partial charge is 0.394 e. The fourth-order valence-corrected chi connectivity index (χ4v) is 2.55. The summed E-state index contributed by atoms with van der Waals surface area (Å²) in [5.41, 5.74) is 0. The first-order chi connectivity index (χ1) is 9.24. The minimum absolute atomic E-state index is 0.0484. The molecule has 0 radical (unpaired) electrons. The Labute approximate surface area is 116 Å². The molecule has 1 fully saturated rings. The molecule has 5 nitrogen and oxygen atoms in total. The molecule has 112 valence electrons. The molecule has 2 amide bonds. The molecule has 3 N–H and O–H groups in total. The molecule has 0 spiro atoms. The van der Waals surface area contributed by atoms with Gasteiger partial charge in [-0.25, -0.2) is 4.79 Å². The summed E-state index contributed by atoms with van der Waals surface area (Å²) in [5, 5.41) is 14.4. The second-order valence-corrected chi connectivity index (χ2v) is 5.28. The first-order valence-electron chi connectivity index (χ1n) is 7.47. The standard InChI is InChI=1S/C14H28N2O3/c1-12(13-6-3-2-4-7-13)16-14(18)15-8-5-10-19-11-9-17/h12-13,17H,2-11H2,1H3,(H2,15,16,18). The molecule has 1 aliphatic rings. The predicted molar refractivity (Wildman–Crippen MR) is 75.1 cm³/mol. The van der Waals surface area contributed by atoms with Crippen molar-refractivity contribution in [3.05, 3.63) is 0 Å². The van der Waals surface area contributed by atoms with Gasteiger partial charge in [-0.3, -0.25) is 0 Å². The lowest BCUT2D eigenvalue weighted by Crippen LogP contribution is -2.44. The van der Waals surface area contributed by atoms with Gasteiger partial charge < -0.3 is 20.5 Å². The maximum Gasteiger partial charge on any atom is 0.315 e. The van der Waals surface area contributed by atoms with Crippen molar-refractivity contribution < 1.29 is 14.6 Å². The zero-order chi connectivity index (χ0) is 13.9. The van der Waals surface area contributed by atoms with E-state index in [0.29, 0.717) is 25.7 Å². The third kappa shape index (κ3) is 7.38. The fourth-order valence-electron chi connectivity index (χ4n) is 2.55. The molecular weight excluding hydrogens is 244 g/mol. The van der Waals surface area contributed by atoms with Crippen molar-refractivity contribution in [3.8, 4) is 0 Å². The highest BCUT2D eigenvalue weighted by molar-refractivity contribution is 5.74. The Kier molecular flexibility index (Phi) is 8.58. The van der Waals surface area contributed by atoms with Crippen molar-refractivity contribution in [1.82, 2.24) is 10.6 Å². The summed E-state index contributed by atoms with van der Waals surface area (Å²) in [6, 6.07) is 0.172. The van der Waals surface area contributed by atoms with E-state index in [9.17, 15) is 4.79 Å². The van der Waals surface area contributed by atoms with Crippen LogP contribution in [0.1, 0.15) is 45.4 Å². The van der Waals surface area contributed by atoms with Crippen LogP contribution in [0.25, 0.3) is 0 Å². The summed E-state index contributed by atoms with van der Waals surface area (Å²) in [7, 11) is 0. The maximum absolute atomic E-state index is 11.7. The second-order valence-electron chi connectivity index (χ2n) is 5.28. The number of aliphatic hydroxyl groups is 1. The lowest BCUT2D eigenvalue weighted by Gasteiger charge is -2.28. The third-order valence-corrected chi connectivity index (χ3v) is 3.70. The van der Waals surface area contributed by atoms with Crippen molar-refractivity contribution >= 4 is 6.03 Å². The average molecular weight is 272 g/mol. The number of aliphatic hydroxyl groups excluding tert-OH is 1. The molecule has 0 heterocycles. The van der Waals surface area contributed by atoms with Crippen molar-refractivity contribution in [2.45, 2.75) is 51.5 Å². The summed E-state index contributed by atoms with van der Waals surface area (Å²) < 4.78 is 5.12. The normalized spacial score (nSPS) is 18.0. The average Bonchev–Trinajstić information content (AvgIpc) is 2.43. The van der Waals surface area contributed by atoms with E-state index in [2.05, 4.69) is 17.6 Å². The van der Waals surface area contributed by atoms with Crippen LogP contribution < -0.4 is 10.6 Å². The lowest BCUT2D eigenvalue weighted by molar-refractivity contribution is 0.0909. The van der Waals surface area contributed by atoms with Crippen LogP contribution in [0.2, 0.25) is 0 Å². The van der Waals surface area contributed by atoms with Gasteiger partial charge in [-0.2, -0.15) is 0 Å². The maximum atomic E-state index is 11.7. The Morgan fingerprint density at radius 3 is 2.74 bits per heavy atom. The number of amides is 2. The van der Waals surface area contributed by atoms with Crippen molar-refractivity contribution in [3.63, 3.8) is 0 Å². The van der Waals surface area contributed by atoms with Crippen molar-refractivity contribution in [2.75, 3.05) is 26.4 Å². The van der Waals surface area contributed by atoms with E-state index in [-0.39, 0.29) is 18.7 Å². The molecular formula is C14H28N2O3. The van der Waals surface area contributed by atoms with E-state index < -0.39 is 0 Å². The van der Waals surface area contributed by atoms with Gasteiger partial charge in [0.1, 0.15) is 0 Å². The highest BCUT2D eigenvalue weighted by Gasteiger charge is 2.21. The summed E-state index contributed by atoms with van der Waals surface area (Å²) in [5.74, 6) is 0.632. The number of urea groups is 1. The predicted octanol–water partition coefficient (Wildman–Crippen LogP) is 1.65. The number of carbonyl (C=O) groups excluding carboxylic acids is 1. The van der Waals surface area contributed by atoms with E-state index in [1.807, 2.05) is 0 Å². The first kappa shape index (κ1) is 16.2. The van der Waals surface area contributed by atoms with Gasteiger partial charge in [-0.1, -0.05) is 19.3 Å². The molecule has 19 heavy (non-hydrogen) atoms. The van der Waals surface area contributed by atoms with E-state index in [0.717, 1.165) is 6.42 Å². The molecule has 1 atom stereocenters. The minimum atomic E-state index is -0.0831. The molecule has 1 aliphatic carbocycles. The molecule has 0 saturated heterocycles. The smallest absolute Gasteiger partial charge is 0.315 e. The van der Waals surface area contributed by atoms with Crippen LogP contribution in [-0.2, 0) is 4.74 Å². The molecule has 1 saturated carbocycles. The highest BCUT2D eigenvalue weighted by Crippen LogP contribution is 2.26. The van der Waals surface area contributed by atoms with Gasteiger partial charge in [-0.05, 0) is 32.1 Å². The third-order valence-electron chi connectivity index (χ3n) is 3.70. The summed E-state index contributed by atoms with van der Waals surface area (Å²) in [6.45, 7) is 3.69. The van der Waals surface area contributed by atoms with Crippen molar-refractivity contribution in [1.29, 1.82) is 0 Å². The Balaban J connectivity index is 2.02. The summed E-state index contributed by atoms with van der Waals surface area (Å²) >= 11 is 0. The summed E-state index contributed by atoms with van der Waals surface area (Å²) in [6.07, 6.45) is 7.16. The van der Waals surface area contributed by atoms with Gasteiger partial charge in [0, 0.05) is 19.2 Å². The molecule has 0 aromatic carbocycles. The molecule has 0 aromatic heterocycles. The van der Waals surface area contributed by atoms with Gasteiger partial charge in [0.25, 0.3) is 0 Å². The Hall–Kier alpha value is -0.810. The number of carbonyl (C=O) groups is 1. The van der Waals surface area contributed by atoms with Gasteiger partial charge in [0.15, 0.2) is 0 Å². The minimum Gasteiger partial charge on any atom is -0.394 e. The molecule has 0 aromatic rings. The number of rotatable bonds is 8. The van der Waals surface area contributed by atoms with E-state index >= 15 is 0 Å². The second kappa shape index (κ2) is 10.0. The van der Waals surface area contributed by atoms with Crippen molar-refractivity contribution in [2.24, 2.45) is 5.92 Å². The highest BCUT2D eigenvalue weighted by atomic mass is 16.5. The van der Waals surface area contributed by atoms with Crippen LogP contribution in [0.15, 0.2) is 0 Å². The van der Waals surface area contributed by atoms with E-state index in [4.69, 9.17) is 9.84 Å². The number of hydrogen-bond acceptors (Lipinski definition) is 3. The molecule has 0 bridgehead atoms. The van der Waals surface area contributed by atoms with Gasteiger partial charge in [0.2, 0.25) is 0 Å².